The maximum Gasteiger partial charge on any atom is 0.274 e. The van der Waals surface area contributed by atoms with E-state index in [1.54, 1.807) is 24.3 Å². The first-order valence-corrected chi connectivity index (χ1v) is 9.76. The molecule has 1 saturated carbocycles. The number of rotatable bonds is 4. The minimum absolute atomic E-state index is 0.0824. The smallest absolute Gasteiger partial charge is 0.274 e. The zero-order valence-electron chi connectivity index (χ0n) is 15.8. The van der Waals surface area contributed by atoms with E-state index >= 15 is 0 Å². The normalized spacial score (nSPS) is 18.0. The van der Waals surface area contributed by atoms with Gasteiger partial charge in [-0.25, -0.2) is 9.97 Å². The van der Waals surface area contributed by atoms with Gasteiger partial charge in [-0.05, 0) is 37.5 Å². The molecule has 0 atom stereocenters. The molecule has 4 rings (SSSR count). The van der Waals surface area contributed by atoms with Gasteiger partial charge >= 0.3 is 0 Å². The van der Waals surface area contributed by atoms with Crippen LogP contribution < -0.4 is 4.74 Å². The van der Waals surface area contributed by atoms with Gasteiger partial charge < -0.3 is 9.64 Å². The van der Waals surface area contributed by atoms with E-state index in [9.17, 15) is 4.79 Å². The highest BCUT2D eigenvalue weighted by Gasteiger charge is 2.28. The second-order valence-electron chi connectivity index (χ2n) is 7.25. The number of hydrogen-bond donors (Lipinski definition) is 0. The van der Waals surface area contributed by atoms with Crippen molar-refractivity contribution in [2.75, 3.05) is 26.2 Å². The highest BCUT2D eigenvalue weighted by Crippen LogP contribution is 2.26. The average Bonchev–Trinajstić information content (AvgIpc) is 2.93. The Labute approximate surface area is 164 Å². The lowest BCUT2D eigenvalue weighted by Gasteiger charge is -2.36. The van der Waals surface area contributed by atoms with E-state index in [1.807, 2.05) is 4.90 Å². The van der Waals surface area contributed by atoms with Crippen LogP contribution in [-0.2, 0) is 0 Å². The van der Waals surface area contributed by atoms with Crippen LogP contribution >= 0.6 is 0 Å². The van der Waals surface area contributed by atoms with E-state index in [0.29, 0.717) is 28.9 Å². The summed E-state index contributed by atoms with van der Waals surface area (Å²) >= 11 is 0. The Morgan fingerprint density at radius 1 is 1.11 bits per heavy atom. The Kier molecular flexibility index (Phi) is 5.49. The zero-order valence-corrected chi connectivity index (χ0v) is 15.8. The van der Waals surface area contributed by atoms with Crippen molar-refractivity contribution in [1.82, 2.24) is 19.8 Å². The SMILES string of the molecule is N#Cc1cccc(Oc2cnc(C(=O)N3CCCN(C4CCC4)CC3)cn2)c1. The van der Waals surface area contributed by atoms with Crippen molar-refractivity contribution in [3.8, 4) is 17.7 Å². The van der Waals surface area contributed by atoms with Crippen molar-refractivity contribution in [2.24, 2.45) is 0 Å². The Morgan fingerprint density at radius 3 is 2.71 bits per heavy atom. The summed E-state index contributed by atoms with van der Waals surface area (Å²) in [6.07, 6.45) is 7.81. The third-order valence-electron chi connectivity index (χ3n) is 5.44. The van der Waals surface area contributed by atoms with Gasteiger partial charge in [0.15, 0.2) is 0 Å². The lowest BCUT2D eigenvalue weighted by Crippen LogP contribution is -2.42. The molecular formula is C21H23N5O2. The van der Waals surface area contributed by atoms with Crippen LogP contribution in [0.15, 0.2) is 36.7 Å². The van der Waals surface area contributed by atoms with Gasteiger partial charge in [-0.2, -0.15) is 5.26 Å². The molecule has 2 aliphatic rings. The highest BCUT2D eigenvalue weighted by atomic mass is 16.5. The second kappa shape index (κ2) is 8.36. The molecule has 0 unspecified atom stereocenters. The summed E-state index contributed by atoms with van der Waals surface area (Å²) < 4.78 is 5.62. The fourth-order valence-electron chi connectivity index (χ4n) is 3.65. The topological polar surface area (TPSA) is 82.3 Å². The van der Waals surface area contributed by atoms with Gasteiger partial charge in [-0.15, -0.1) is 0 Å². The van der Waals surface area contributed by atoms with Gasteiger partial charge in [0.1, 0.15) is 11.4 Å². The molecule has 7 nitrogen and oxygen atoms in total. The molecule has 1 aromatic heterocycles. The molecule has 1 aliphatic carbocycles. The molecule has 28 heavy (non-hydrogen) atoms. The van der Waals surface area contributed by atoms with Gasteiger partial charge in [-0.1, -0.05) is 12.5 Å². The molecule has 0 spiro atoms. The van der Waals surface area contributed by atoms with Gasteiger partial charge in [0.25, 0.3) is 5.91 Å². The van der Waals surface area contributed by atoms with Crippen LogP contribution in [0.5, 0.6) is 11.6 Å². The maximum absolute atomic E-state index is 12.8. The number of carbonyl (C=O) groups excluding carboxylic acids is 1. The summed E-state index contributed by atoms with van der Waals surface area (Å²) in [5.41, 5.74) is 0.838. The molecule has 144 valence electrons. The summed E-state index contributed by atoms with van der Waals surface area (Å²) in [4.78, 5) is 25.6. The first kappa shape index (κ1) is 18.4. The number of nitrogens with zero attached hydrogens (tertiary/aromatic N) is 5. The van der Waals surface area contributed by atoms with Crippen LogP contribution in [0.2, 0.25) is 0 Å². The van der Waals surface area contributed by atoms with Crippen LogP contribution in [0.4, 0.5) is 0 Å². The number of carbonyl (C=O) groups is 1. The fourth-order valence-corrected chi connectivity index (χ4v) is 3.65. The van der Waals surface area contributed by atoms with E-state index in [4.69, 9.17) is 10.00 Å². The van der Waals surface area contributed by atoms with Gasteiger partial charge in [0, 0.05) is 32.2 Å². The number of ether oxygens (including phenoxy) is 1. The summed E-state index contributed by atoms with van der Waals surface area (Å²) in [6.45, 7) is 3.48. The van der Waals surface area contributed by atoms with Gasteiger partial charge in [-0.3, -0.25) is 9.69 Å². The van der Waals surface area contributed by atoms with Crippen molar-refractivity contribution < 1.29 is 9.53 Å². The Morgan fingerprint density at radius 2 is 2.00 bits per heavy atom. The average molecular weight is 377 g/mol. The van der Waals surface area contributed by atoms with Crippen LogP contribution in [0.1, 0.15) is 41.7 Å². The van der Waals surface area contributed by atoms with Crippen molar-refractivity contribution >= 4 is 5.91 Å². The molecule has 1 saturated heterocycles. The van der Waals surface area contributed by atoms with E-state index in [-0.39, 0.29) is 5.91 Å². The minimum Gasteiger partial charge on any atom is -0.437 e. The third-order valence-corrected chi connectivity index (χ3v) is 5.44. The van der Waals surface area contributed by atoms with E-state index in [0.717, 1.165) is 32.6 Å². The number of amides is 1. The largest absolute Gasteiger partial charge is 0.437 e. The van der Waals surface area contributed by atoms with Crippen molar-refractivity contribution in [1.29, 1.82) is 5.26 Å². The Balaban J connectivity index is 1.37. The van der Waals surface area contributed by atoms with Gasteiger partial charge in [0.2, 0.25) is 5.88 Å². The van der Waals surface area contributed by atoms with E-state index in [2.05, 4.69) is 20.9 Å². The molecular weight excluding hydrogens is 354 g/mol. The van der Waals surface area contributed by atoms with Crippen molar-refractivity contribution in [2.45, 2.75) is 31.7 Å². The molecule has 2 aromatic rings. The van der Waals surface area contributed by atoms with Crippen LogP contribution in [0.25, 0.3) is 0 Å². The summed E-state index contributed by atoms with van der Waals surface area (Å²) in [5, 5.41) is 8.95. The molecule has 1 aliphatic heterocycles. The summed E-state index contributed by atoms with van der Waals surface area (Å²) in [6, 6.07) is 9.60. The number of benzene rings is 1. The van der Waals surface area contributed by atoms with Crippen LogP contribution in [0, 0.1) is 11.3 Å². The predicted octanol–water partition coefficient (Wildman–Crippen LogP) is 2.84. The molecule has 2 fully saturated rings. The van der Waals surface area contributed by atoms with E-state index < -0.39 is 0 Å². The molecule has 1 amide bonds. The summed E-state index contributed by atoms with van der Waals surface area (Å²) in [5.74, 6) is 0.718. The first-order valence-electron chi connectivity index (χ1n) is 9.76. The molecule has 1 aromatic carbocycles. The second-order valence-corrected chi connectivity index (χ2v) is 7.25. The lowest BCUT2D eigenvalue weighted by molar-refractivity contribution is 0.0743. The van der Waals surface area contributed by atoms with Gasteiger partial charge in [0.05, 0.1) is 24.0 Å². The standard InChI is InChI=1S/C21H23N5O2/c22-13-16-4-1-7-18(12-16)28-20-15-23-19(14-24-20)21(27)26-9-3-8-25(10-11-26)17-5-2-6-17/h1,4,7,12,14-15,17H,2-3,5-6,8-11H2. The minimum atomic E-state index is -0.0824. The Hall–Kier alpha value is -2.98. The fraction of sp³-hybridized carbons (Fsp3) is 0.429. The van der Waals surface area contributed by atoms with Crippen LogP contribution in [-0.4, -0.2) is 57.9 Å². The van der Waals surface area contributed by atoms with Crippen molar-refractivity contribution in [3.63, 3.8) is 0 Å². The number of aromatic nitrogens is 2. The highest BCUT2D eigenvalue weighted by molar-refractivity contribution is 5.92. The molecule has 0 radical (unpaired) electrons. The molecule has 0 bridgehead atoms. The van der Waals surface area contributed by atoms with Crippen molar-refractivity contribution in [3.05, 3.63) is 47.9 Å². The molecule has 2 heterocycles. The third kappa shape index (κ3) is 4.12. The lowest BCUT2D eigenvalue weighted by atomic mass is 9.91. The maximum atomic E-state index is 12.8. The Bertz CT molecular complexity index is 873. The summed E-state index contributed by atoms with van der Waals surface area (Å²) in [7, 11) is 0. The van der Waals surface area contributed by atoms with E-state index in [1.165, 1.54) is 31.7 Å². The number of nitriles is 1. The molecule has 0 N–H and O–H groups in total. The zero-order chi connectivity index (χ0) is 19.3. The first-order chi connectivity index (χ1) is 13.7. The quantitative estimate of drug-likeness (QED) is 0.815. The number of hydrogen-bond acceptors (Lipinski definition) is 6. The molecule has 7 heteroatoms. The monoisotopic (exact) mass is 377 g/mol. The predicted molar refractivity (Wildman–Crippen MR) is 103 cm³/mol. The van der Waals surface area contributed by atoms with Crippen LogP contribution in [0.3, 0.4) is 0 Å².